The molecule has 1 saturated heterocycles. The van der Waals surface area contributed by atoms with Gasteiger partial charge in [-0.25, -0.2) is 0 Å². The van der Waals surface area contributed by atoms with Crippen molar-refractivity contribution in [1.29, 1.82) is 0 Å². The highest BCUT2D eigenvalue weighted by Crippen LogP contribution is 2.41. The largest absolute Gasteiger partial charge is 0.394 e. The molecular weight excluding hydrogens is 372 g/mol. The summed E-state index contributed by atoms with van der Waals surface area (Å²) in [5.41, 5.74) is -1.03. The van der Waals surface area contributed by atoms with Crippen molar-refractivity contribution in [1.82, 2.24) is 0 Å². The third-order valence-corrected chi connectivity index (χ3v) is 12.0. The van der Waals surface area contributed by atoms with Gasteiger partial charge in [-0.1, -0.05) is 91.8 Å². The quantitative estimate of drug-likeness (QED) is 0.545. The first-order valence-electron chi connectivity index (χ1n) is 9.66. The molecule has 5 atom stereocenters. The molecule has 28 heavy (non-hydrogen) atoms. The van der Waals surface area contributed by atoms with Crippen molar-refractivity contribution in [3.63, 3.8) is 0 Å². The Morgan fingerprint density at radius 3 is 1.71 bits per heavy atom. The lowest BCUT2D eigenvalue weighted by atomic mass is 10.1. The molecule has 3 rings (SSSR count). The highest BCUT2D eigenvalue weighted by molar-refractivity contribution is 7.05. The molecule has 0 bridgehead atoms. The first-order valence-corrected chi connectivity index (χ1v) is 11.7. The highest BCUT2D eigenvalue weighted by atomic mass is 28.3. The van der Waals surface area contributed by atoms with Crippen molar-refractivity contribution in [2.45, 2.75) is 56.0 Å². The van der Waals surface area contributed by atoms with Gasteiger partial charge in [0.2, 0.25) is 0 Å². The second-order valence-corrected chi connectivity index (χ2v) is 13.4. The van der Waals surface area contributed by atoms with Crippen LogP contribution in [0.3, 0.4) is 0 Å². The Labute approximate surface area is 167 Å². The second kappa shape index (κ2) is 8.06. The number of hydrogen-bond acceptors (Lipinski definition) is 5. The van der Waals surface area contributed by atoms with Gasteiger partial charge in [0.1, 0.15) is 24.4 Å². The van der Waals surface area contributed by atoms with Gasteiger partial charge in [-0.3, -0.25) is 0 Å². The third kappa shape index (κ3) is 3.34. The van der Waals surface area contributed by atoms with Gasteiger partial charge in [-0.05, 0) is 5.04 Å². The minimum Gasteiger partial charge on any atom is -0.394 e. The fraction of sp³-hybridized carbons (Fsp3) is 0.455. The average Bonchev–Trinajstić information content (AvgIpc) is 2.97. The Bertz CT molecular complexity index is 722. The maximum Gasteiger partial charge on any atom is 0.157 e. The molecule has 0 radical (unpaired) electrons. The van der Waals surface area contributed by atoms with Crippen molar-refractivity contribution >= 4 is 18.4 Å². The molecule has 0 saturated carbocycles. The molecule has 0 aromatic heterocycles. The summed E-state index contributed by atoms with van der Waals surface area (Å²) in [4.78, 5) is 0. The molecule has 1 aliphatic heterocycles. The van der Waals surface area contributed by atoms with Crippen LogP contribution in [-0.2, 0) is 4.74 Å². The summed E-state index contributed by atoms with van der Waals surface area (Å²) in [7, 11) is -2.95. The van der Waals surface area contributed by atoms with Gasteiger partial charge in [0, 0.05) is 0 Å². The average molecular weight is 403 g/mol. The number of ether oxygens (including phenoxy) is 1. The first-order chi connectivity index (χ1) is 13.2. The summed E-state index contributed by atoms with van der Waals surface area (Å²) in [5.74, 6) is 0. The molecule has 0 amide bonds. The van der Waals surface area contributed by atoms with Crippen molar-refractivity contribution < 1.29 is 25.2 Å². The highest BCUT2D eigenvalue weighted by Gasteiger charge is 2.59. The van der Waals surface area contributed by atoms with E-state index in [0.717, 1.165) is 10.4 Å². The molecule has 152 valence electrons. The van der Waals surface area contributed by atoms with Crippen LogP contribution in [-0.4, -0.2) is 65.2 Å². The smallest absolute Gasteiger partial charge is 0.157 e. The molecule has 0 spiro atoms. The van der Waals surface area contributed by atoms with Gasteiger partial charge in [0.15, 0.2) is 8.07 Å². The maximum atomic E-state index is 11.8. The maximum absolute atomic E-state index is 11.8. The van der Waals surface area contributed by atoms with E-state index in [1.54, 1.807) is 0 Å². The molecule has 1 unspecified atom stereocenters. The molecule has 1 fully saturated rings. The number of rotatable bonds is 5. The second-order valence-electron chi connectivity index (χ2n) is 8.54. The van der Waals surface area contributed by atoms with Crippen LogP contribution in [0.1, 0.15) is 20.8 Å². The summed E-state index contributed by atoms with van der Waals surface area (Å²) in [6.45, 7) is 5.89. The molecule has 4 N–H and O–H groups in total. The predicted octanol–water partition coefficient (Wildman–Crippen LogP) is 0.431. The van der Waals surface area contributed by atoms with E-state index in [2.05, 4.69) is 20.8 Å². The summed E-state index contributed by atoms with van der Waals surface area (Å²) < 4.78 is 5.78. The Kier molecular flexibility index (Phi) is 6.10. The SMILES string of the molecule is CC(C)(C)[Si](c1ccccc1)(c1ccccc1)C(O)[C@H]1O[C@H](CO)[C@@H](O)[C@@H]1O. The van der Waals surface area contributed by atoms with E-state index in [9.17, 15) is 20.4 Å². The van der Waals surface area contributed by atoms with E-state index in [1.807, 2.05) is 60.7 Å². The Morgan fingerprint density at radius 2 is 1.36 bits per heavy atom. The van der Waals surface area contributed by atoms with Gasteiger partial charge in [-0.15, -0.1) is 0 Å². The summed E-state index contributed by atoms with van der Waals surface area (Å²) in [6.07, 6.45) is -4.40. The van der Waals surface area contributed by atoms with E-state index in [1.165, 1.54) is 0 Å². The Morgan fingerprint density at radius 1 is 0.893 bits per heavy atom. The van der Waals surface area contributed by atoms with Crippen molar-refractivity contribution in [2.24, 2.45) is 0 Å². The monoisotopic (exact) mass is 402 g/mol. The van der Waals surface area contributed by atoms with Gasteiger partial charge in [-0.2, -0.15) is 0 Å². The molecule has 2 aromatic carbocycles. The van der Waals surface area contributed by atoms with E-state index in [4.69, 9.17) is 4.74 Å². The van der Waals surface area contributed by atoms with Crippen LogP contribution in [0.25, 0.3) is 0 Å². The van der Waals surface area contributed by atoms with E-state index >= 15 is 0 Å². The van der Waals surface area contributed by atoms with Crippen LogP contribution >= 0.6 is 0 Å². The standard InChI is InChI=1S/C22H30O5Si/c1-22(2,3)28(15-10-6-4-7-11-15,16-12-8-5-9-13-16)21(26)20-19(25)18(24)17(14-23)27-20/h4-13,17-21,23-26H,14H2,1-3H3/t17-,18-,19+,20+,21?/m1/s1. The normalized spacial score (nSPS) is 27.0. The van der Waals surface area contributed by atoms with Gasteiger partial charge < -0.3 is 25.2 Å². The van der Waals surface area contributed by atoms with E-state index < -0.39 is 44.8 Å². The third-order valence-electron chi connectivity index (χ3n) is 5.98. The fourth-order valence-corrected chi connectivity index (χ4v) is 10.5. The minimum atomic E-state index is -2.95. The predicted molar refractivity (Wildman–Crippen MR) is 111 cm³/mol. The fourth-order valence-electron chi connectivity index (χ4n) is 4.66. The summed E-state index contributed by atoms with van der Waals surface area (Å²) in [6, 6.07) is 19.8. The lowest BCUT2D eigenvalue weighted by Crippen LogP contribution is -2.75. The van der Waals surface area contributed by atoms with Crippen LogP contribution in [0.4, 0.5) is 0 Å². The first kappa shape index (κ1) is 21.2. The molecular formula is C22H30O5Si. The summed E-state index contributed by atoms with van der Waals surface area (Å²) >= 11 is 0. The van der Waals surface area contributed by atoms with Crippen LogP contribution in [0.15, 0.2) is 60.7 Å². The van der Waals surface area contributed by atoms with Crippen molar-refractivity contribution in [3.8, 4) is 0 Å². The molecule has 0 aliphatic carbocycles. The van der Waals surface area contributed by atoms with Crippen LogP contribution < -0.4 is 10.4 Å². The Hall–Kier alpha value is -1.54. The number of hydrogen-bond donors (Lipinski definition) is 4. The van der Waals surface area contributed by atoms with Crippen LogP contribution in [0.2, 0.25) is 5.04 Å². The Balaban J connectivity index is 2.22. The number of benzene rings is 2. The number of aliphatic hydroxyl groups is 4. The molecule has 6 heteroatoms. The van der Waals surface area contributed by atoms with Gasteiger partial charge >= 0.3 is 0 Å². The number of aliphatic hydroxyl groups excluding tert-OH is 4. The van der Waals surface area contributed by atoms with Gasteiger partial charge in [0.25, 0.3) is 0 Å². The van der Waals surface area contributed by atoms with E-state index in [0.29, 0.717) is 0 Å². The molecule has 1 heterocycles. The topological polar surface area (TPSA) is 90.2 Å². The van der Waals surface area contributed by atoms with E-state index in [-0.39, 0.29) is 5.04 Å². The summed E-state index contributed by atoms with van der Waals surface area (Å²) in [5, 5.41) is 43.9. The lowest BCUT2D eigenvalue weighted by Gasteiger charge is -2.48. The minimum absolute atomic E-state index is 0.333. The zero-order chi connectivity index (χ0) is 20.5. The zero-order valence-electron chi connectivity index (χ0n) is 16.6. The zero-order valence-corrected chi connectivity index (χ0v) is 17.6. The van der Waals surface area contributed by atoms with Crippen molar-refractivity contribution in [3.05, 3.63) is 60.7 Å². The molecule has 2 aromatic rings. The van der Waals surface area contributed by atoms with Crippen LogP contribution in [0, 0.1) is 0 Å². The lowest BCUT2D eigenvalue weighted by molar-refractivity contribution is -0.0538. The molecule has 5 nitrogen and oxygen atoms in total. The molecule has 1 aliphatic rings. The van der Waals surface area contributed by atoms with Crippen LogP contribution in [0.5, 0.6) is 0 Å². The van der Waals surface area contributed by atoms with Crippen molar-refractivity contribution in [2.75, 3.05) is 6.61 Å². The van der Waals surface area contributed by atoms with Gasteiger partial charge in [0.05, 0.1) is 12.3 Å².